The number of carbonyl (C=O) groups is 2. The third-order valence-electron chi connectivity index (χ3n) is 2.60. The average Bonchev–Trinajstić information content (AvgIpc) is 2.41. The predicted octanol–water partition coefficient (Wildman–Crippen LogP) is 3.54. The lowest BCUT2D eigenvalue weighted by molar-refractivity contribution is 0.0278. The maximum absolute atomic E-state index is 13.2. The van der Waals surface area contributed by atoms with Gasteiger partial charge >= 0.3 is 6.09 Å². The van der Waals surface area contributed by atoms with E-state index >= 15 is 0 Å². The van der Waals surface area contributed by atoms with Crippen LogP contribution in [0, 0.1) is 5.82 Å². The molecule has 0 heterocycles. The highest BCUT2D eigenvalue weighted by Gasteiger charge is 2.19. The van der Waals surface area contributed by atoms with Crippen molar-refractivity contribution in [3.05, 3.63) is 28.5 Å². The minimum absolute atomic E-state index is 0.0541. The first-order valence-corrected chi connectivity index (χ1v) is 7.03. The molecule has 0 aliphatic rings. The van der Waals surface area contributed by atoms with Gasteiger partial charge in [0.05, 0.1) is 17.1 Å². The van der Waals surface area contributed by atoms with E-state index in [1.807, 2.05) is 0 Å². The largest absolute Gasteiger partial charge is 0.491 e. The van der Waals surface area contributed by atoms with Gasteiger partial charge in [-0.05, 0) is 32.9 Å². The summed E-state index contributed by atoms with van der Waals surface area (Å²) in [7, 11) is 1.57. The molecule has 0 N–H and O–H groups in total. The van der Waals surface area contributed by atoms with Gasteiger partial charge in [0.25, 0.3) is 0 Å². The molecule has 0 saturated heterocycles. The van der Waals surface area contributed by atoms with E-state index in [0.717, 1.165) is 6.07 Å². The first kappa shape index (κ1) is 18.2. The molecule has 0 aromatic heterocycles. The van der Waals surface area contributed by atoms with Crippen LogP contribution in [-0.4, -0.2) is 43.1 Å². The number of hydrogen-bond acceptors (Lipinski definition) is 4. The standard InChI is InChI=1S/C15H19ClFNO4/c1-15(2,3)22-14(20)18(4)7-8-21-12-6-5-11(17)13(16)10(12)9-19/h5-6,9H,7-8H2,1-4H3. The summed E-state index contributed by atoms with van der Waals surface area (Å²) in [5.41, 5.74) is -0.636. The molecule has 122 valence electrons. The smallest absolute Gasteiger partial charge is 0.410 e. The summed E-state index contributed by atoms with van der Waals surface area (Å²) in [5.74, 6) is -0.527. The Balaban J connectivity index is 2.60. The number of likely N-dealkylation sites (N-methyl/N-ethyl adjacent to an activating group) is 1. The van der Waals surface area contributed by atoms with Crippen LogP contribution in [0.1, 0.15) is 31.1 Å². The maximum atomic E-state index is 13.2. The number of benzene rings is 1. The maximum Gasteiger partial charge on any atom is 0.410 e. The van der Waals surface area contributed by atoms with E-state index < -0.39 is 17.5 Å². The van der Waals surface area contributed by atoms with E-state index in [1.165, 1.54) is 11.0 Å². The van der Waals surface area contributed by atoms with Crippen LogP contribution in [0.15, 0.2) is 12.1 Å². The Labute approximate surface area is 133 Å². The first-order chi connectivity index (χ1) is 10.2. The van der Waals surface area contributed by atoms with Gasteiger partial charge in [0.1, 0.15) is 23.8 Å². The van der Waals surface area contributed by atoms with Crippen LogP contribution in [0.3, 0.4) is 0 Å². The summed E-state index contributed by atoms with van der Waals surface area (Å²) in [6, 6.07) is 2.43. The predicted molar refractivity (Wildman–Crippen MR) is 81.2 cm³/mol. The minimum atomic E-state index is -0.693. The zero-order valence-electron chi connectivity index (χ0n) is 13.0. The van der Waals surface area contributed by atoms with Crippen LogP contribution in [-0.2, 0) is 4.74 Å². The summed E-state index contributed by atoms with van der Waals surface area (Å²) in [6.07, 6.45) is -0.0537. The van der Waals surface area contributed by atoms with Crippen molar-refractivity contribution in [1.29, 1.82) is 0 Å². The van der Waals surface area contributed by atoms with Crippen LogP contribution in [0.4, 0.5) is 9.18 Å². The SMILES string of the molecule is CN(CCOc1ccc(F)c(Cl)c1C=O)C(=O)OC(C)(C)C. The lowest BCUT2D eigenvalue weighted by Crippen LogP contribution is -2.36. The average molecular weight is 332 g/mol. The molecule has 22 heavy (non-hydrogen) atoms. The van der Waals surface area contributed by atoms with Gasteiger partial charge in [-0.2, -0.15) is 0 Å². The fourth-order valence-corrected chi connectivity index (χ4v) is 1.71. The molecule has 1 rings (SSSR count). The second-order valence-corrected chi connectivity index (χ2v) is 6.02. The zero-order chi connectivity index (χ0) is 16.9. The molecular weight excluding hydrogens is 313 g/mol. The molecule has 0 spiro atoms. The molecule has 0 radical (unpaired) electrons. The molecule has 5 nitrogen and oxygen atoms in total. The Morgan fingerprint density at radius 2 is 2.05 bits per heavy atom. The van der Waals surface area contributed by atoms with Crippen molar-refractivity contribution < 1.29 is 23.5 Å². The van der Waals surface area contributed by atoms with Crippen LogP contribution >= 0.6 is 11.6 Å². The van der Waals surface area contributed by atoms with E-state index in [0.29, 0.717) is 6.29 Å². The summed E-state index contributed by atoms with van der Waals surface area (Å²) in [5, 5.41) is -0.284. The fourth-order valence-electron chi connectivity index (χ4n) is 1.51. The van der Waals surface area contributed by atoms with Crippen molar-refractivity contribution >= 4 is 24.0 Å². The Hall–Kier alpha value is -1.82. The molecule has 7 heteroatoms. The number of amides is 1. The monoisotopic (exact) mass is 331 g/mol. The highest BCUT2D eigenvalue weighted by molar-refractivity contribution is 6.33. The number of hydrogen-bond donors (Lipinski definition) is 0. The van der Waals surface area contributed by atoms with Crippen LogP contribution in [0.25, 0.3) is 0 Å². The molecule has 1 aromatic rings. The van der Waals surface area contributed by atoms with Gasteiger partial charge in [0.15, 0.2) is 6.29 Å². The van der Waals surface area contributed by atoms with E-state index in [9.17, 15) is 14.0 Å². The number of nitrogens with zero attached hydrogens (tertiary/aromatic N) is 1. The van der Waals surface area contributed by atoms with Crippen molar-refractivity contribution in [3.8, 4) is 5.75 Å². The first-order valence-electron chi connectivity index (χ1n) is 6.66. The van der Waals surface area contributed by atoms with Crippen molar-refractivity contribution in [2.24, 2.45) is 0 Å². The van der Waals surface area contributed by atoms with E-state index in [1.54, 1.807) is 27.8 Å². The topological polar surface area (TPSA) is 55.8 Å². The normalized spacial score (nSPS) is 11.0. The van der Waals surface area contributed by atoms with Gasteiger partial charge in [-0.25, -0.2) is 9.18 Å². The number of ether oxygens (including phenoxy) is 2. The van der Waals surface area contributed by atoms with Gasteiger partial charge < -0.3 is 14.4 Å². The zero-order valence-corrected chi connectivity index (χ0v) is 13.7. The van der Waals surface area contributed by atoms with E-state index in [2.05, 4.69) is 0 Å². The number of rotatable bonds is 5. The molecule has 1 amide bonds. The molecule has 0 aliphatic heterocycles. The molecular formula is C15H19ClFNO4. The second-order valence-electron chi connectivity index (χ2n) is 5.64. The molecule has 0 bridgehead atoms. The van der Waals surface area contributed by atoms with Gasteiger partial charge in [-0.15, -0.1) is 0 Å². The molecule has 0 fully saturated rings. The third kappa shape index (κ3) is 5.18. The Bertz CT molecular complexity index is 557. The van der Waals surface area contributed by atoms with Crippen LogP contribution < -0.4 is 4.74 Å². The van der Waals surface area contributed by atoms with E-state index in [4.69, 9.17) is 21.1 Å². The molecule has 0 atom stereocenters. The number of halogens is 2. The lowest BCUT2D eigenvalue weighted by Gasteiger charge is -2.24. The fraction of sp³-hybridized carbons (Fsp3) is 0.467. The Kier molecular flexibility index (Phi) is 6.17. The van der Waals surface area contributed by atoms with Crippen LogP contribution in [0.2, 0.25) is 5.02 Å². The lowest BCUT2D eigenvalue weighted by atomic mass is 10.2. The van der Waals surface area contributed by atoms with Gasteiger partial charge in [0.2, 0.25) is 0 Å². The number of aldehydes is 1. The molecule has 1 aromatic carbocycles. The summed E-state index contributed by atoms with van der Waals surface area (Å²) >= 11 is 5.69. The molecule has 0 saturated carbocycles. The third-order valence-corrected chi connectivity index (χ3v) is 2.98. The van der Waals surface area contributed by atoms with Crippen molar-refractivity contribution in [2.45, 2.75) is 26.4 Å². The molecule has 0 aliphatic carbocycles. The quantitative estimate of drug-likeness (QED) is 0.774. The summed E-state index contributed by atoms with van der Waals surface area (Å²) < 4.78 is 23.8. The van der Waals surface area contributed by atoms with E-state index in [-0.39, 0.29) is 29.5 Å². The summed E-state index contributed by atoms with van der Waals surface area (Å²) in [4.78, 5) is 24.0. The highest BCUT2D eigenvalue weighted by atomic mass is 35.5. The highest BCUT2D eigenvalue weighted by Crippen LogP contribution is 2.27. The molecule has 0 unspecified atom stereocenters. The number of carbonyl (C=O) groups excluding carboxylic acids is 2. The van der Waals surface area contributed by atoms with Gasteiger partial charge in [-0.3, -0.25) is 4.79 Å². The Morgan fingerprint density at radius 3 is 2.59 bits per heavy atom. The van der Waals surface area contributed by atoms with Gasteiger partial charge in [-0.1, -0.05) is 11.6 Å². The minimum Gasteiger partial charge on any atom is -0.491 e. The van der Waals surface area contributed by atoms with Crippen molar-refractivity contribution in [2.75, 3.05) is 20.2 Å². The van der Waals surface area contributed by atoms with Crippen LogP contribution in [0.5, 0.6) is 5.75 Å². The van der Waals surface area contributed by atoms with Crippen molar-refractivity contribution in [3.63, 3.8) is 0 Å². The van der Waals surface area contributed by atoms with Gasteiger partial charge in [0, 0.05) is 7.05 Å². The second kappa shape index (κ2) is 7.45. The Morgan fingerprint density at radius 1 is 1.41 bits per heavy atom. The summed E-state index contributed by atoms with van der Waals surface area (Å²) in [6.45, 7) is 5.66. The van der Waals surface area contributed by atoms with Crippen molar-refractivity contribution in [1.82, 2.24) is 4.90 Å².